The third kappa shape index (κ3) is 2.00. The Morgan fingerprint density at radius 2 is 1.92 bits per heavy atom. The van der Waals surface area contributed by atoms with Crippen LogP contribution in [-0.4, -0.2) is 53.6 Å². The van der Waals surface area contributed by atoms with Crippen LogP contribution in [0, 0.1) is 5.92 Å². The maximum atomic E-state index is 9.53. The largest absolute Gasteiger partial charge is 0.394 e. The number of aliphatic hydroxyl groups excluding tert-OH is 3. The standard InChI is InChI=1S/C8H16O5/c1-4-6(10)7(11)5(3-9)13-8(4)12-2/h4-11H,3H2,1-2H3/t4-,5+,6+,7+,8+/m0/s1. The van der Waals surface area contributed by atoms with E-state index in [9.17, 15) is 10.2 Å². The molecule has 0 spiro atoms. The average molecular weight is 192 g/mol. The van der Waals surface area contributed by atoms with Crippen molar-refractivity contribution in [2.45, 2.75) is 31.5 Å². The summed E-state index contributed by atoms with van der Waals surface area (Å²) in [7, 11) is 1.46. The van der Waals surface area contributed by atoms with Crippen LogP contribution in [-0.2, 0) is 9.47 Å². The molecule has 13 heavy (non-hydrogen) atoms. The fourth-order valence-electron chi connectivity index (χ4n) is 1.49. The first-order valence-corrected chi connectivity index (χ1v) is 4.27. The van der Waals surface area contributed by atoms with E-state index in [-0.39, 0.29) is 12.5 Å². The van der Waals surface area contributed by atoms with E-state index in [0.717, 1.165) is 0 Å². The highest BCUT2D eigenvalue weighted by Crippen LogP contribution is 2.25. The van der Waals surface area contributed by atoms with Crippen molar-refractivity contribution in [2.75, 3.05) is 13.7 Å². The lowest BCUT2D eigenvalue weighted by Crippen LogP contribution is -2.55. The van der Waals surface area contributed by atoms with Crippen molar-refractivity contribution < 1.29 is 24.8 Å². The van der Waals surface area contributed by atoms with Crippen molar-refractivity contribution in [2.24, 2.45) is 5.92 Å². The van der Waals surface area contributed by atoms with Crippen LogP contribution in [0.15, 0.2) is 0 Å². The molecule has 5 heteroatoms. The Kier molecular flexibility index (Phi) is 3.63. The summed E-state index contributed by atoms with van der Waals surface area (Å²) in [6, 6.07) is 0. The lowest BCUT2D eigenvalue weighted by molar-refractivity contribution is -0.274. The zero-order chi connectivity index (χ0) is 10.0. The molecule has 1 saturated heterocycles. The minimum absolute atomic E-state index is 0.303. The molecule has 0 radical (unpaired) electrons. The molecule has 5 nitrogen and oxygen atoms in total. The highest BCUT2D eigenvalue weighted by molar-refractivity contribution is 4.86. The zero-order valence-corrected chi connectivity index (χ0v) is 7.75. The van der Waals surface area contributed by atoms with E-state index in [0.29, 0.717) is 0 Å². The smallest absolute Gasteiger partial charge is 0.162 e. The number of hydrogen-bond donors (Lipinski definition) is 3. The van der Waals surface area contributed by atoms with Gasteiger partial charge in [0.2, 0.25) is 0 Å². The minimum Gasteiger partial charge on any atom is -0.394 e. The van der Waals surface area contributed by atoms with Gasteiger partial charge in [-0.05, 0) is 0 Å². The summed E-state index contributed by atoms with van der Waals surface area (Å²) in [5, 5.41) is 27.8. The number of ether oxygens (including phenoxy) is 2. The highest BCUT2D eigenvalue weighted by atomic mass is 16.7. The van der Waals surface area contributed by atoms with Crippen LogP contribution >= 0.6 is 0 Å². The van der Waals surface area contributed by atoms with Gasteiger partial charge in [0.05, 0.1) is 12.7 Å². The summed E-state index contributed by atoms with van der Waals surface area (Å²) in [4.78, 5) is 0. The average Bonchev–Trinajstić information content (AvgIpc) is 2.15. The molecule has 0 aliphatic carbocycles. The van der Waals surface area contributed by atoms with E-state index in [4.69, 9.17) is 14.6 Å². The number of hydrogen-bond acceptors (Lipinski definition) is 5. The molecule has 78 valence electrons. The summed E-state index contributed by atoms with van der Waals surface area (Å²) in [5.41, 5.74) is 0. The summed E-state index contributed by atoms with van der Waals surface area (Å²) in [6.45, 7) is 1.39. The first kappa shape index (κ1) is 10.9. The summed E-state index contributed by atoms with van der Waals surface area (Å²) >= 11 is 0. The molecule has 1 fully saturated rings. The van der Waals surface area contributed by atoms with E-state index >= 15 is 0 Å². The van der Waals surface area contributed by atoms with E-state index in [1.54, 1.807) is 6.92 Å². The molecule has 1 aliphatic rings. The van der Waals surface area contributed by atoms with Gasteiger partial charge in [0.25, 0.3) is 0 Å². The number of aliphatic hydroxyl groups is 3. The molecule has 3 N–H and O–H groups in total. The van der Waals surface area contributed by atoms with Crippen LogP contribution < -0.4 is 0 Å². The minimum atomic E-state index is -1.05. The monoisotopic (exact) mass is 192 g/mol. The fourth-order valence-corrected chi connectivity index (χ4v) is 1.49. The van der Waals surface area contributed by atoms with Gasteiger partial charge in [-0.15, -0.1) is 0 Å². The molecule has 1 rings (SSSR count). The maximum absolute atomic E-state index is 9.53. The van der Waals surface area contributed by atoms with Crippen LogP contribution in [0.2, 0.25) is 0 Å². The Labute approximate surface area is 76.9 Å². The second kappa shape index (κ2) is 4.34. The molecule has 0 aromatic rings. The van der Waals surface area contributed by atoms with E-state index in [1.165, 1.54) is 7.11 Å². The molecule has 0 amide bonds. The molecule has 0 bridgehead atoms. The van der Waals surface area contributed by atoms with Crippen LogP contribution in [0.1, 0.15) is 6.92 Å². The van der Waals surface area contributed by atoms with Gasteiger partial charge in [-0.2, -0.15) is 0 Å². The quantitative estimate of drug-likeness (QED) is 0.507. The van der Waals surface area contributed by atoms with Gasteiger partial charge in [0.1, 0.15) is 12.2 Å². The van der Waals surface area contributed by atoms with Gasteiger partial charge < -0.3 is 24.8 Å². The lowest BCUT2D eigenvalue weighted by Gasteiger charge is -2.40. The molecule has 0 aromatic heterocycles. The van der Waals surface area contributed by atoms with Crippen molar-refractivity contribution >= 4 is 0 Å². The first-order chi connectivity index (χ1) is 6.11. The Hall–Kier alpha value is -0.200. The van der Waals surface area contributed by atoms with E-state index < -0.39 is 24.6 Å². The van der Waals surface area contributed by atoms with Gasteiger partial charge in [-0.25, -0.2) is 0 Å². The Morgan fingerprint density at radius 1 is 1.31 bits per heavy atom. The molecular weight excluding hydrogens is 176 g/mol. The maximum Gasteiger partial charge on any atom is 0.162 e. The predicted molar refractivity (Wildman–Crippen MR) is 43.9 cm³/mol. The summed E-state index contributed by atoms with van der Waals surface area (Å²) < 4.78 is 10.1. The normalized spacial score (nSPS) is 46.4. The van der Waals surface area contributed by atoms with Crippen LogP contribution in [0.25, 0.3) is 0 Å². The van der Waals surface area contributed by atoms with Gasteiger partial charge in [-0.3, -0.25) is 0 Å². The van der Waals surface area contributed by atoms with Crippen LogP contribution in [0.3, 0.4) is 0 Å². The van der Waals surface area contributed by atoms with Gasteiger partial charge in [0.15, 0.2) is 6.29 Å². The zero-order valence-electron chi connectivity index (χ0n) is 7.75. The lowest BCUT2D eigenvalue weighted by atomic mass is 9.93. The summed E-state index contributed by atoms with van der Waals surface area (Å²) in [6.07, 6.45) is -3.31. The van der Waals surface area contributed by atoms with Crippen LogP contribution in [0.4, 0.5) is 0 Å². The summed E-state index contributed by atoms with van der Waals surface area (Å²) in [5.74, 6) is -0.303. The predicted octanol–water partition coefficient (Wildman–Crippen LogP) is -1.29. The van der Waals surface area contributed by atoms with Crippen molar-refractivity contribution in [1.29, 1.82) is 0 Å². The molecule has 0 saturated carbocycles. The number of rotatable bonds is 2. The molecule has 0 unspecified atom stereocenters. The van der Waals surface area contributed by atoms with Gasteiger partial charge in [-0.1, -0.05) is 6.92 Å². The fraction of sp³-hybridized carbons (Fsp3) is 1.00. The topological polar surface area (TPSA) is 79.2 Å². The highest BCUT2D eigenvalue weighted by Gasteiger charge is 2.41. The van der Waals surface area contributed by atoms with Crippen molar-refractivity contribution in [3.63, 3.8) is 0 Å². The van der Waals surface area contributed by atoms with Crippen molar-refractivity contribution in [3.05, 3.63) is 0 Å². The second-order valence-corrected chi connectivity index (χ2v) is 3.30. The Bertz CT molecular complexity index is 143. The van der Waals surface area contributed by atoms with E-state index in [2.05, 4.69) is 0 Å². The Morgan fingerprint density at radius 3 is 2.38 bits per heavy atom. The van der Waals surface area contributed by atoms with Crippen molar-refractivity contribution in [3.8, 4) is 0 Å². The SMILES string of the molecule is CO[C@@H]1O[C@H](CO)[C@@H](O)[C@H](O)[C@@H]1C. The molecular formula is C8H16O5. The van der Waals surface area contributed by atoms with Gasteiger partial charge in [0, 0.05) is 13.0 Å². The van der Waals surface area contributed by atoms with Crippen LogP contribution in [0.5, 0.6) is 0 Å². The molecule has 1 heterocycles. The molecule has 5 atom stereocenters. The molecule has 1 aliphatic heterocycles. The molecule has 0 aromatic carbocycles. The van der Waals surface area contributed by atoms with E-state index in [1.807, 2.05) is 0 Å². The third-order valence-corrected chi connectivity index (χ3v) is 2.42. The van der Waals surface area contributed by atoms with Gasteiger partial charge >= 0.3 is 0 Å². The first-order valence-electron chi connectivity index (χ1n) is 4.27. The third-order valence-electron chi connectivity index (χ3n) is 2.42. The number of methoxy groups -OCH3 is 1. The van der Waals surface area contributed by atoms with Crippen molar-refractivity contribution in [1.82, 2.24) is 0 Å². The second-order valence-electron chi connectivity index (χ2n) is 3.30. The Balaban J connectivity index is 2.66.